The molecule has 0 saturated carbocycles. The van der Waals surface area contributed by atoms with Gasteiger partial charge in [0.15, 0.2) is 0 Å². The Bertz CT molecular complexity index is 737. The summed E-state index contributed by atoms with van der Waals surface area (Å²) < 4.78 is 0. The quantitative estimate of drug-likeness (QED) is 0.793. The number of nitrogens with zero attached hydrogens (tertiary/aromatic N) is 2. The van der Waals surface area contributed by atoms with E-state index in [0.717, 1.165) is 21.8 Å². The molecule has 1 aromatic carbocycles. The average molecular weight is 360 g/mol. The second-order valence-corrected chi connectivity index (χ2v) is 6.74. The second-order valence-electron chi connectivity index (χ2n) is 5.80. The third-order valence-electron chi connectivity index (χ3n) is 3.88. The molecule has 0 fully saturated rings. The Morgan fingerprint density at radius 3 is 2.56 bits per heavy atom. The number of aromatic nitrogens is 1. The van der Waals surface area contributed by atoms with Gasteiger partial charge >= 0.3 is 0 Å². The minimum absolute atomic E-state index is 0.00709. The number of benzene rings is 1. The number of para-hydroxylation sites is 1. The Balaban J connectivity index is 2.05. The van der Waals surface area contributed by atoms with E-state index in [1.807, 2.05) is 39.0 Å². The highest BCUT2D eigenvalue weighted by molar-refractivity contribution is 7.09. The largest absolute Gasteiger partial charge is 0.330 e. The van der Waals surface area contributed by atoms with E-state index in [0.29, 0.717) is 25.2 Å². The zero-order chi connectivity index (χ0) is 18.4. The molecule has 0 spiro atoms. The number of hydrogen-bond donors (Lipinski definition) is 2. The molecule has 7 heteroatoms. The highest BCUT2D eigenvalue weighted by Crippen LogP contribution is 2.19. The van der Waals surface area contributed by atoms with Crippen molar-refractivity contribution in [1.29, 1.82) is 0 Å². The van der Waals surface area contributed by atoms with E-state index < -0.39 is 0 Å². The number of carbonyl (C=O) groups excluding carboxylic acids is 2. The number of rotatable bonds is 7. The molecule has 0 atom stereocenters. The minimum atomic E-state index is -0.237. The molecule has 0 radical (unpaired) electrons. The Kier molecular flexibility index (Phi) is 6.66. The van der Waals surface area contributed by atoms with Crippen molar-refractivity contribution in [1.82, 2.24) is 9.88 Å². The molecule has 0 saturated heterocycles. The smallest absolute Gasteiger partial charge is 0.273 e. The number of nitrogens with two attached hydrogens (primary N) is 1. The van der Waals surface area contributed by atoms with Crippen LogP contribution in [0.4, 0.5) is 5.69 Å². The summed E-state index contributed by atoms with van der Waals surface area (Å²) in [5, 5.41) is 5.46. The molecule has 25 heavy (non-hydrogen) atoms. The van der Waals surface area contributed by atoms with Gasteiger partial charge in [-0.05, 0) is 38.4 Å². The SMILES string of the molecule is CCN(CC(=O)Nc1c(C)cccc1C)C(=O)c1csc(CCN)n1. The van der Waals surface area contributed by atoms with Crippen LogP contribution in [0.5, 0.6) is 0 Å². The van der Waals surface area contributed by atoms with Crippen molar-refractivity contribution in [3.05, 3.63) is 45.4 Å². The van der Waals surface area contributed by atoms with Crippen LogP contribution in [-0.4, -0.2) is 41.3 Å². The van der Waals surface area contributed by atoms with E-state index in [1.54, 1.807) is 5.38 Å². The molecule has 6 nitrogen and oxygen atoms in total. The lowest BCUT2D eigenvalue weighted by Crippen LogP contribution is -2.38. The molecule has 3 N–H and O–H groups in total. The van der Waals surface area contributed by atoms with Crippen LogP contribution in [0, 0.1) is 13.8 Å². The van der Waals surface area contributed by atoms with Crippen molar-refractivity contribution in [3.63, 3.8) is 0 Å². The molecule has 0 aliphatic rings. The summed E-state index contributed by atoms with van der Waals surface area (Å²) in [7, 11) is 0. The fourth-order valence-corrected chi connectivity index (χ4v) is 3.29. The number of aryl methyl sites for hydroxylation is 2. The van der Waals surface area contributed by atoms with Crippen LogP contribution in [0.3, 0.4) is 0 Å². The van der Waals surface area contributed by atoms with Crippen LogP contribution in [-0.2, 0) is 11.2 Å². The normalized spacial score (nSPS) is 10.6. The zero-order valence-electron chi connectivity index (χ0n) is 14.8. The molecule has 0 aliphatic heterocycles. The van der Waals surface area contributed by atoms with Gasteiger partial charge in [0, 0.05) is 24.0 Å². The first-order chi connectivity index (χ1) is 12.0. The predicted molar refractivity (Wildman–Crippen MR) is 101 cm³/mol. The Morgan fingerprint density at radius 2 is 1.96 bits per heavy atom. The summed E-state index contributed by atoms with van der Waals surface area (Å²) in [6, 6.07) is 5.84. The summed E-state index contributed by atoms with van der Waals surface area (Å²) in [4.78, 5) is 30.8. The van der Waals surface area contributed by atoms with Crippen LogP contribution in [0.25, 0.3) is 0 Å². The van der Waals surface area contributed by atoms with Gasteiger partial charge in [-0.25, -0.2) is 4.98 Å². The lowest BCUT2D eigenvalue weighted by Gasteiger charge is -2.20. The summed E-state index contributed by atoms with van der Waals surface area (Å²) in [5.41, 5.74) is 8.67. The maximum atomic E-state index is 12.6. The lowest BCUT2D eigenvalue weighted by molar-refractivity contribution is -0.116. The van der Waals surface area contributed by atoms with Crippen LogP contribution < -0.4 is 11.1 Å². The van der Waals surface area contributed by atoms with Crippen LogP contribution in [0.1, 0.15) is 33.5 Å². The van der Waals surface area contributed by atoms with Gasteiger partial charge < -0.3 is 16.0 Å². The van der Waals surface area contributed by atoms with Gasteiger partial charge in [-0.2, -0.15) is 0 Å². The number of likely N-dealkylation sites (N-methyl/N-ethyl adjacent to an activating group) is 1. The molecule has 2 aromatic rings. The van der Waals surface area contributed by atoms with Gasteiger partial charge in [0.1, 0.15) is 12.2 Å². The number of nitrogens with one attached hydrogen (secondary N) is 1. The van der Waals surface area contributed by atoms with Crippen LogP contribution >= 0.6 is 11.3 Å². The first-order valence-electron chi connectivity index (χ1n) is 8.26. The monoisotopic (exact) mass is 360 g/mol. The van der Waals surface area contributed by atoms with Crippen LogP contribution in [0.2, 0.25) is 0 Å². The lowest BCUT2D eigenvalue weighted by atomic mass is 10.1. The fraction of sp³-hybridized carbons (Fsp3) is 0.389. The molecule has 134 valence electrons. The first kappa shape index (κ1) is 19.1. The highest BCUT2D eigenvalue weighted by Gasteiger charge is 2.20. The summed E-state index contributed by atoms with van der Waals surface area (Å²) >= 11 is 1.42. The van der Waals surface area contributed by atoms with Gasteiger partial charge in [0.25, 0.3) is 5.91 Å². The van der Waals surface area contributed by atoms with Crippen LogP contribution in [0.15, 0.2) is 23.6 Å². The molecule has 2 amide bonds. The second kappa shape index (κ2) is 8.73. The van der Waals surface area contributed by atoms with E-state index in [1.165, 1.54) is 16.2 Å². The van der Waals surface area contributed by atoms with Gasteiger partial charge in [0.05, 0.1) is 5.01 Å². The highest BCUT2D eigenvalue weighted by atomic mass is 32.1. The number of thiazole rings is 1. The van der Waals surface area contributed by atoms with Crippen molar-refractivity contribution in [3.8, 4) is 0 Å². The Labute approximate surface area is 152 Å². The van der Waals surface area contributed by atoms with Gasteiger partial charge in [-0.3, -0.25) is 9.59 Å². The van der Waals surface area contributed by atoms with Crippen molar-refractivity contribution in [2.24, 2.45) is 5.73 Å². The van der Waals surface area contributed by atoms with E-state index in [2.05, 4.69) is 10.3 Å². The van der Waals surface area contributed by atoms with E-state index in [4.69, 9.17) is 5.73 Å². The summed E-state index contributed by atoms with van der Waals surface area (Å²) in [6.45, 7) is 6.66. The number of amides is 2. The molecule has 0 bridgehead atoms. The van der Waals surface area contributed by atoms with E-state index in [-0.39, 0.29) is 18.4 Å². The van der Waals surface area contributed by atoms with Gasteiger partial charge in [-0.1, -0.05) is 18.2 Å². The Morgan fingerprint density at radius 1 is 1.28 bits per heavy atom. The van der Waals surface area contributed by atoms with Gasteiger partial charge in [-0.15, -0.1) is 11.3 Å². The summed E-state index contributed by atoms with van der Waals surface area (Å²) in [5.74, 6) is -0.455. The molecule has 0 unspecified atom stereocenters. The zero-order valence-corrected chi connectivity index (χ0v) is 15.7. The van der Waals surface area contributed by atoms with Crippen molar-refractivity contribution >= 4 is 28.8 Å². The average Bonchev–Trinajstić information content (AvgIpc) is 3.04. The molecule has 2 rings (SSSR count). The molecule has 0 aliphatic carbocycles. The van der Waals surface area contributed by atoms with E-state index in [9.17, 15) is 9.59 Å². The maximum absolute atomic E-state index is 12.6. The van der Waals surface area contributed by atoms with Gasteiger partial charge in [0.2, 0.25) is 5.91 Å². The van der Waals surface area contributed by atoms with Crippen molar-refractivity contribution in [2.45, 2.75) is 27.2 Å². The van der Waals surface area contributed by atoms with Crippen molar-refractivity contribution in [2.75, 3.05) is 25.0 Å². The minimum Gasteiger partial charge on any atom is -0.330 e. The standard InChI is InChI=1S/C18H24N4O2S/c1-4-22(18(24)14-11-25-16(20-14)8-9-19)10-15(23)21-17-12(2)6-5-7-13(17)3/h5-7,11H,4,8-10,19H2,1-3H3,(H,21,23). The third-order valence-corrected chi connectivity index (χ3v) is 4.79. The number of anilines is 1. The first-order valence-corrected chi connectivity index (χ1v) is 9.14. The number of hydrogen-bond acceptors (Lipinski definition) is 5. The molecule has 1 heterocycles. The summed E-state index contributed by atoms with van der Waals surface area (Å²) in [6.07, 6.45) is 0.650. The topological polar surface area (TPSA) is 88.3 Å². The molecular weight excluding hydrogens is 336 g/mol. The maximum Gasteiger partial charge on any atom is 0.273 e. The Hall–Kier alpha value is -2.25. The fourth-order valence-electron chi connectivity index (χ4n) is 2.50. The predicted octanol–water partition coefficient (Wildman–Crippen LogP) is 2.36. The number of carbonyl (C=O) groups is 2. The third kappa shape index (κ3) is 4.87. The van der Waals surface area contributed by atoms with E-state index >= 15 is 0 Å². The molecule has 1 aromatic heterocycles. The molecular formula is C18H24N4O2S. The van der Waals surface area contributed by atoms with Crippen molar-refractivity contribution < 1.29 is 9.59 Å².